The minimum atomic E-state index is -0.473. The summed E-state index contributed by atoms with van der Waals surface area (Å²) in [4.78, 5) is 0. The lowest BCUT2D eigenvalue weighted by atomic mass is 9.84. The Hall–Kier alpha value is -0.960. The molecule has 0 aromatic heterocycles. The first-order valence-electron chi connectivity index (χ1n) is 7.56. The van der Waals surface area contributed by atoms with Crippen molar-refractivity contribution in [1.29, 1.82) is 0 Å². The lowest BCUT2D eigenvalue weighted by molar-refractivity contribution is 0.349. The fraction of sp³-hybridized carbons (Fsp3) is 0.647. The third-order valence-electron chi connectivity index (χ3n) is 4.13. The highest BCUT2D eigenvalue weighted by Gasteiger charge is 2.28. The zero-order chi connectivity index (χ0) is 14.8. The fourth-order valence-corrected chi connectivity index (χ4v) is 3.12. The summed E-state index contributed by atoms with van der Waals surface area (Å²) < 4.78 is 27.0. The first-order valence-corrected chi connectivity index (χ1v) is 7.56. The molecule has 0 saturated heterocycles. The minimum absolute atomic E-state index is 0.0166. The highest BCUT2D eigenvalue weighted by molar-refractivity contribution is 5.23. The first kappa shape index (κ1) is 15.4. The summed E-state index contributed by atoms with van der Waals surface area (Å²) in [6.07, 6.45) is 4.78. The van der Waals surface area contributed by atoms with E-state index in [9.17, 15) is 8.78 Å². The van der Waals surface area contributed by atoms with Crippen LogP contribution in [0.1, 0.15) is 57.9 Å². The quantitative estimate of drug-likeness (QED) is 0.848. The van der Waals surface area contributed by atoms with Crippen LogP contribution in [0.4, 0.5) is 8.78 Å². The Morgan fingerprint density at radius 2 is 1.65 bits per heavy atom. The lowest BCUT2D eigenvalue weighted by Gasteiger charge is -2.29. The number of hydrogen-bond donors (Lipinski definition) is 1. The van der Waals surface area contributed by atoms with Gasteiger partial charge in [-0.2, -0.15) is 0 Å². The van der Waals surface area contributed by atoms with Gasteiger partial charge in [-0.1, -0.05) is 12.8 Å². The topological polar surface area (TPSA) is 12.0 Å². The van der Waals surface area contributed by atoms with Gasteiger partial charge in [0.2, 0.25) is 0 Å². The van der Waals surface area contributed by atoms with Crippen LogP contribution >= 0.6 is 0 Å². The molecule has 1 fully saturated rings. The highest BCUT2D eigenvalue weighted by Crippen LogP contribution is 2.37. The van der Waals surface area contributed by atoms with E-state index in [4.69, 9.17) is 0 Å². The van der Waals surface area contributed by atoms with Gasteiger partial charge in [0.15, 0.2) is 0 Å². The predicted molar refractivity (Wildman–Crippen MR) is 78.8 cm³/mol. The maximum absolute atomic E-state index is 13.5. The molecular formula is C17H25F2N. The van der Waals surface area contributed by atoms with Gasteiger partial charge in [0.25, 0.3) is 0 Å². The summed E-state index contributed by atoms with van der Waals surface area (Å²) in [5.41, 5.74) is 0.814. The van der Waals surface area contributed by atoms with Gasteiger partial charge in [-0.15, -0.1) is 0 Å². The molecule has 2 rings (SSSR count). The van der Waals surface area contributed by atoms with Crippen LogP contribution in [0.2, 0.25) is 0 Å². The number of rotatable bonds is 4. The van der Waals surface area contributed by atoms with E-state index in [1.807, 2.05) is 0 Å². The van der Waals surface area contributed by atoms with Gasteiger partial charge in [-0.3, -0.25) is 0 Å². The third-order valence-corrected chi connectivity index (χ3v) is 4.13. The van der Waals surface area contributed by atoms with Crippen molar-refractivity contribution < 1.29 is 8.78 Å². The van der Waals surface area contributed by atoms with E-state index < -0.39 is 11.6 Å². The van der Waals surface area contributed by atoms with Crippen molar-refractivity contribution in [3.05, 3.63) is 35.4 Å². The summed E-state index contributed by atoms with van der Waals surface area (Å²) in [5, 5.41) is 3.49. The van der Waals surface area contributed by atoms with Gasteiger partial charge in [0.05, 0.1) is 0 Å². The van der Waals surface area contributed by atoms with E-state index in [0.29, 0.717) is 5.92 Å². The van der Waals surface area contributed by atoms with Gasteiger partial charge in [0, 0.05) is 18.2 Å². The molecule has 1 N–H and O–H groups in total. The Morgan fingerprint density at radius 3 is 2.15 bits per heavy atom. The molecule has 1 aromatic carbocycles. The van der Waals surface area contributed by atoms with Crippen LogP contribution < -0.4 is 5.32 Å². The number of nitrogens with one attached hydrogen (secondary N) is 1. The molecule has 0 bridgehead atoms. The van der Waals surface area contributed by atoms with Gasteiger partial charge in [-0.25, -0.2) is 8.78 Å². The Balaban J connectivity index is 2.20. The van der Waals surface area contributed by atoms with Gasteiger partial charge >= 0.3 is 0 Å². The van der Waals surface area contributed by atoms with E-state index in [2.05, 4.69) is 26.1 Å². The second-order valence-corrected chi connectivity index (χ2v) is 6.98. The maximum atomic E-state index is 13.5. The van der Waals surface area contributed by atoms with Crippen LogP contribution in [0, 0.1) is 17.6 Å². The highest BCUT2D eigenvalue weighted by atomic mass is 19.1. The number of halogens is 2. The second-order valence-electron chi connectivity index (χ2n) is 6.98. The Kier molecular flexibility index (Phi) is 4.79. The summed E-state index contributed by atoms with van der Waals surface area (Å²) in [6, 6.07) is 3.94. The van der Waals surface area contributed by atoms with Crippen molar-refractivity contribution in [3.8, 4) is 0 Å². The summed E-state index contributed by atoms with van der Waals surface area (Å²) in [5.74, 6) is -0.217. The third kappa shape index (κ3) is 4.27. The Labute approximate surface area is 120 Å². The normalized spacial score (nSPS) is 18.4. The molecule has 1 nitrogen and oxygen atoms in total. The van der Waals surface area contributed by atoms with E-state index in [1.54, 1.807) is 0 Å². The average Bonchev–Trinajstić information content (AvgIpc) is 2.80. The van der Waals surface area contributed by atoms with Crippen molar-refractivity contribution in [2.75, 3.05) is 6.54 Å². The van der Waals surface area contributed by atoms with E-state index in [0.717, 1.165) is 31.0 Å². The Bertz CT molecular complexity index is 425. The van der Waals surface area contributed by atoms with Crippen molar-refractivity contribution >= 4 is 0 Å². The SMILES string of the molecule is CC(C)(C)NCC(c1cc(F)cc(F)c1)C1CCCC1. The monoisotopic (exact) mass is 281 g/mol. The van der Waals surface area contributed by atoms with Crippen LogP contribution in [0.25, 0.3) is 0 Å². The molecule has 0 heterocycles. The molecule has 1 atom stereocenters. The predicted octanol–water partition coefficient (Wildman–Crippen LogP) is 4.63. The average molecular weight is 281 g/mol. The molecular weight excluding hydrogens is 256 g/mol. The summed E-state index contributed by atoms with van der Waals surface area (Å²) >= 11 is 0. The van der Waals surface area contributed by atoms with Crippen LogP contribution in [-0.2, 0) is 0 Å². The smallest absolute Gasteiger partial charge is 0.126 e. The fourth-order valence-electron chi connectivity index (χ4n) is 3.12. The van der Waals surface area contributed by atoms with E-state index >= 15 is 0 Å². The molecule has 112 valence electrons. The van der Waals surface area contributed by atoms with Crippen molar-refractivity contribution in [2.45, 2.75) is 57.9 Å². The van der Waals surface area contributed by atoms with Crippen LogP contribution in [0.5, 0.6) is 0 Å². The molecule has 1 unspecified atom stereocenters. The van der Waals surface area contributed by atoms with Crippen LogP contribution in [-0.4, -0.2) is 12.1 Å². The second kappa shape index (κ2) is 6.21. The zero-order valence-corrected chi connectivity index (χ0v) is 12.7. The van der Waals surface area contributed by atoms with E-state index in [-0.39, 0.29) is 11.5 Å². The van der Waals surface area contributed by atoms with Crippen molar-refractivity contribution in [3.63, 3.8) is 0 Å². The number of hydrogen-bond acceptors (Lipinski definition) is 1. The molecule has 0 spiro atoms. The molecule has 0 aliphatic heterocycles. The van der Waals surface area contributed by atoms with Gasteiger partial charge in [0.1, 0.15) is 11.6 Å². The molecule has 20 heavy (non-hydrogen) atoms. The number of benzene rings is 1. The van der Waals surface area contributed by atoms with Crippen LogP contribution in [0.15, 0.2) is 18.2 Å². The summed E-state index contributed by atoms with van der Waals surface area (Å²) in [7, 11) is 0. The molecule has 3 heteroatoms. The lowest BCUT2D eigenvalue weighted by Crippen LogP contribution is -2.39. The minimum Gasteiger partial charge on any atom is -0.311 e. The van der Waals surface area contributed by atoms with Gasteiger partial charge in [-0.05, 0) is 63.1 Å². The summed E-state index contributed by atoms with van der Waals surface area (Å²) in [6.45, 7) is 7.12. The molecule has 1 aliphatic rings. The zero-order valence-electron chi connectivity index (χ0n) is 12.7. The standard InChI is InChI=1S/C17H25F2N/c1-17(2,3)20-11-16(12-6-4-5-7-12)13-8-14(18)10-15(19)9-13/h8-10,12,16,20H,4-7,11H2,1-3H3. The van der Waals surface area contributed by atoms with E-state index in [1.165, 1.54) is 25.0 Å². The molecule has 1 aromatic rings. The molecule has 1 aliphatic carbocycles. The van der Waals surface area contributed by atoms with Crippen LogP contribution in [0.3, 0.4) is 0 Å². The van der Waals surface area contributed by atoms with Crippen molar-refractivity contribution in [1.82, 2.24) is 5.32 Å². The first-order chi connectivity index (χ1) is 9.35. The Morgan fingerprint density at radius 1 is 1.10 bits per heavy atom. The van der Waals surface area contributed by atoms with Crippen molar-refractivity contribution in [2.24, 2.45) is 5.92 Å². The largest absolute Gasteiger partial charge is 0.311 e. The maximum Gasteiger partial charge on any atom is 0.126 e. The van der Waals surface area contributed by atoms with Gasteiger partial charge < -0.3 is 5.32 Å². The molecule has 0 amide bonds. The molecule has 0 radical (unpaired) electrons. The molecule has 1 saturated carbocycles.